The van der Waals surface area contributed by atoms with E-state index in [0.29, 0.717) is 12.5 Å². The number of ether oxygens (including phenoxy) is 2. The highest BCUT2D eigenvalue weighted by Gasteiger charge is 2.19. The first-order valence-electron chi connectivity index (χ1n) is 6.05. The van der Waals surface area contributed by atoms with Gasteiger partial charge in [-0.05, 0) is 35.8 Å². The lowest BCUT2D eigenvalue weighted by molar-refractivity contribution is 0.0508. The number of carbonyl (C=O) groups is 1. The van der Waals surface area contributed by atoms with Gasteiger partial charge in [-0.1, -0.05) is 0 Å². The molecule has 0 saturated carbocycles. The lowest BCUT2D eigenvalue weighted by Gasteiger charge is -1.99. The fraction of sp³-hybridized carbons (Fsp3) is 0.308. The highest BCUT2D eigenvalue weighted by molar-refractivity contribution is 5.85. The van der Waals surface area contributed by atoms with Gasteiger partial charge in [-0.15, -0.1) is 0 Å². The molecule has 0 aliphatic carbocycles. The molecule has 2 heterocycles. The van der Waals surface area contributed by atoms with Crippen molar-refractivity contribution in [3.8, 4) is 17.2 Å². The number of aromatic nitrogens is 2. The quantitative estimate of drug-likeness (QED) is 0.784. The number of rotatable bonds is 3. The predicted octanol–water partition coefficient (Wildman–Crippen LogP) is 1.85. The number of carbonyl (C=O) groups excluding carboxylic acids is 1. The fourth-order valence-corrected chi connectivity index (χ4v) is 1.94. The van der Waals surface area contributed by atoms with Crippen molar-refractivity contribution in [2.75, 3.05) is 13.2 Å². The molecule has 6 heteroatoms. The first-order chi connectivity index (χ1) is 9.28. The molecular formula is C13H12N2O4. The summed E-state index contributed by atoms with van der Waals surface area (Å²) in [6.45, 7) is 2.69. The lowest BCUT2D eigenvalue weighted by Crippen LogP contribution is -2.06. The van der Waals surface area contributed by atoms with Crippen molar-refractivity contribution in [3.05, 3.63) is 29.6 Å². The molecule has 19 heavy (non-hydrogen) atoms. The molecule has 0 amide bonds. The van der Waals surface area contributed by atoms with Crippen LogP contribution in [0.25, 0.3) is 11.5 Å². The van der Waals surface area contributed by atoms with Gasteiger partial charge in [0, 0.05) is 12.0 Å². The van der Waals surface area contributed by atoms with Crippen molar-refractivity contribution in [2.45, 2.75) is 13.3 Å². The Kier molecular flexibility index (Phi) is 2.91. The Morgan fingerprint density at radius 2 is 2.37 bits per heavy atom. The Hall–Kier alpha value is -2.37. The van der Waals surface area contributed by atoms with E-state index in [1.807, 2.05) is 18.2 Å². The Morgan fingerprint density at radius 1 is 1.47 bits per heavy atom. The van der Waals surface area contributed by atoms with Crippen molar-refractivity contribution in [3.63, 3.8) is 0 Å². The average Bonchev–Trinajstić information content (AvgIpc) is 3.07. The maximum absolute atomic E-state index is 11.4. The second kappa shape index (κ2) is 4.72. The molecule has 1 aliphatic heterocycles. The topological polar surface area (TPSA) is 74.5 Å². The Morgan fingerprint density at radius 3 is 3.21 bits per heavy atom. The van der Waals surface area contributed by atoms with E-state index in [0.717, 1.165) is 23.3 Å². The summed E-state index contributed by atoms with van der Waals surface area (Å²) in [6, 6.07) is 5.63. The molecule has 3 rings (SSSR count). The lowest BCUT2D eigenvalue weighted by atomic mass is 10.1. The van der Waals surface area contributed by atoms with Crippen LogP contribution in [0.1, 0.15) is 23.1 Å². The van der Waals surface area contributed by atoms with Gasteiger partial charge < -0.3 is 14.0 Å². The molecule has 0 spiro atoms. The molecule has 1 aromatic carbocycles. The Bertz CT molecular complexity index is 621. The third-order valence-corrected chi connectivity index (χ3v) is 2.82. The van der Waals surface area contributed by atoms with E-state index >= 15 is 0 Å². The standard InChI is InChI=1S/C13H12N2O4/c1-2-17-13(16)11-14-12(19-15-11)9-3-4-10-8(7-9)5-6-18-10/h3-4,7H,2,5-6H2,1H3. The van der Waals surface area contributed by atoms with Gasteiger partial charge in [-0.25, -0.2) is 4.79 Å². The maximum Gasteiger partial charge on any atom is 0.379 e. The second-order valence-electron chi connectivity index (χ2n) is 4.06. The minimum Gasteiger partial charge on any atom is -0.493 e. The van der Waals surface area contributed by atoms with Crippen LogP contribution in [0.15, 0.2) is 22.7 Å². The molecule has 0 N–H and O–H groups in total. The van der Waals surface area contributed by atoms with Crippen molar-refractivity contribution in [2.24, 2.45) is 0 Å². The molecule has 98 valence electrons. The Labute approximate surface area is 109 Å². The van der Waals surface area contributed by atoms with Crippen LogP contribution in [-0.4, -0.2) is 29.3 Å². The van der Waals surface area contributed by atoms with Crippen LogP contribution in [-0.2, 0) is 11.2 Å². The predicted molar refractivity (Wildman–Crippen MR) is 64.9 cm³/mol. The maximum atomic E-state index is 11.4. The van der Waals surface area contributed by atoms with Gasteiger partial charge in [0.25, 0.3) is 11.7 Å². The number of hydrogen-bond donors (Lipinski definition) is 0. The van der Waals surface area contributed by atoms with E-state index in [4.69, 9.17) is 14.0 Å². The average molecular weight is 260 g/mol. The third-order valence-electron chi connectivity index (χ3n) is 2.82. The highest BCUT2D eigenvalue weighted by Crippen LogP contribution is 2.29. The summed E-state index contributed by atoms with van der Waals surface area (Å²) in [5.74, 6) is 0.544. The van der Waals surface area contributed by atoms with E-state index in [1.54, 1.807) is 6.92 Å². The van der Waals surface area contributed by atoms with Gasteiger partial charge in [0.2, 0.25) is 0 Å². The third kappa shape index (κ3) is 2.16. The van der Waals surface area contributed by atoms with Crippen LogP contribution < -0.4 is 4.74 Å². The number of hydrogen-bond acceptors (Lipinski definition) is 6. The molecule has 0 unspecified atom stereocenters. The zero-order valence-electron chi connectivity index (χ0n) is 10.4. The summed E-state index contributed by atoms with van der Waals surface area (Å²) in [7, 11) is 0. The summed E-state index contributed by atoms with van der Waals surface area (Å²) in [4.78, 5) is 15.5. The zero-order valence-corrected chi connectivity index (χ0v) is 10.4. The van der Waals surface area contributed by atoms with Crippen molar-refractivity contribution in [1.29, 1.82) is 0 Å². The van der Waals surface area contributed by atoms with E-state index in [-0.39, 0.29) is 12.4 Å². The van der Waals surface area contributed by atoms with Crippen LogP contribution in [0.3, 0.4) is 0 Å². The van der Waals surface area contributed by atoms with Gasteiger partial charge in [-0.3, -0.25) is 0 Å². The van der Waals surface area contributed by atoms with Crippen LogP contribution >= 0.6 is 0 Å². The Balaban J connectivity index is 1.88. The molecule has 0 bridgehead atoms. The van der Waals surface area contributed by atoms with Crippen molar-refractivity contribution < 1.29 is 18.8 Å². The minimum absolute atomic E-state index is 0.0615. The van der Waals surface area contributed by atoms with Gasteiger partial charge in [-0.2, -0.15) is 4.98 Å². The smallest absolute Gasteiger partial charge is 0.379 e. The summed E-state index contributed by atoms with van der Waals surface area (Å²) >= 11 is 0. The van der Waals surface area contributed by atoms with E-state index in [1.165, 1.54) is 0 Å². The monoisotopic (exact) mass is 260 g/mol. The summed E-state index contributed by atoms with van der Waals surface area (Å²) in [5.41, 5.74) is 1.88. The van der Waals surface area contributed by atoms with Crippen LogP contribution in [0.5, 0.6) is 5.75 Å². The number of benzene rings is 1. The molecular weight excluding hydrogens is 248 g/mol. The summed E-state index contributed by atoms with van der Waals surface area (Å²) < 4.78 is 15.3. The van der Waals surface area contributed by atoms with Crippen molar-refractivity contribution in [1.82, 2.24) is 10.1 Å². The van der Waals surface area contributed by atoms with E-state index in [2.05, 4.69) is 10.1 Å². The van der Waals surface area contributed by atoms with Crippen LogP contribution in [0.2, 0.25) is 0 Å². The fourth-order valence-electron chi connectivity index (χ4n) is 1.94. The SMILES string of the molecule is CCOC(=O)c1noc(-c2ccc3c(c2)CCO3)n1. The largest absolute Gasteiger partial charge is 0.493 e. The molecule has 0 atom stereocenters. The van der Waals surface area contributed by atoms with E-state index in [9.17, 15) is 4.79 Å². The second-order valence-corrected chi connectivity index (χ2v) is 4.06. The van der Waals surface area contributed by atoms with Crippen molar-refractivity contribution >= 4 is 5.97 Å². The molecule has 2 aromatic rings. The molecule has 1 aliphatic rings. The molecule has 0 saturated heterocycles. The van der Waals surface area contributed by atoms with E-state index < -0.39 is 5.97 Å². The number of esters is 1. The van der Waals surface area contributed by atoms with Crippen LogP contribution in [0.4, 0.5) is 0 Å². The van der Waals surface area contributed by atoms with Gasteiger partial charge in [0.15, 0.2) is 0 Å². The van der Waals surface area contributed by atoms with Crippen LogP contribution in [0, 0.1) is 0 Å². The van der Waals surface area contributed by atoms with Gasteiger partial charge in [0.1, 0.15) is 5.75 Å². The number of fused-ring (bicyclic) bond motifs is 1. The normalized spacial score (nSPS) is 12.9. The number of nitrogens with zero attached hydrogens (tertiary/aromatic N) is 2. The first-order valence-corrected chi connectivity index (χ1v) is 6.05. The molecule has 0 radical (unpaired) electrons. The molecule has 1 aromatic heterocycles. The zero-order chi connectivity index (χ0) is 13.2. The first kappa shape index (κ1) is 11.7. The molecule has 0 fully saturated rings. The summed E-state index contributed by atoms with van der Waals surface area (Å²) in [6.07, 6.45) is 0.863. The molecule has 6 nitrogen and oxygen atoms in total. The highest BCUT2D eigenvalue weighted by atomic mass is 16.5. The van der Waals surface area contributed by atoms with Gasteiger partial charge in [0.05, 0.1) is 13.2 Å². The minimum atomic E-state index is -0.581. The summed E-state index contributed by atoms with van der Waals surface area (Å²) in [5, 5.41) is 3.61. The van der Waals surface area contributed by atoms with Gasteiger partial charge >= 0.3 is 5.97 Å².